The summed E-state index contributed by atoms with van der Waals surface area (Å²) in [5.41, 5.74) is 1.07. The zero-order valence-corrected chi connectivity index (χ0v) is 14.1. The van der Waals surface area contributed by atoms with E-state index in [-0.39, 0.29) is 24.4 Å². The zero-order chi connectivity index (χ0) is 15.5. The molecule has 2 unspecified atom stereocenters. The molecule has 1 fully saturated rings. The summed E-state index contributed by atoms with van der Waals surface area (Å²) in [6, 6.07) is 5.23. The molecule has 1 aromatic carbocycles. The van der Waals surface area contributed by atoms with E-state index in [2.05, 4.69) is 33.1 Å². The van der Waals surface area contributed by atoms with E-state index < -0.39 is 0 Å². The number of carbonyl (C=O) groups excluding carboxylic acids is 1. The van der Waals surface area contributed by atoms with Crippen molar-refractivity contribution in [2.75, 3.05) is 13.1 Å². The number of halogens is 2. The number of nitrogens with zero attached hydrogens (tertiary/aromatic N) is 4. The Kier molecular flexibility index (Phi) is 5.92. The third kappa shape index (κ3) is 3.99. The molecular weight excluding hydrogens is 339 g/mol. The van der Waals surface area contributed by atoms with Gasteiger partial charge in [0.2, 0.25) is 0 Å². The highest BCUT2D eigenvalue weighted by atomic mass is 35.5. The number of hydrogen-bond donors (Lipinski definition) is 2. The van der Waals surface area contributed by atoms with Crippen molar-refractivity contribution in [2.45, 2.75) is 19.4 Å². The summed E-state index contributed by atoms with van der Waals surface area (Å²) >= 11 is 6.04. The van der Waals surface area contributed by atoms with Crippen LogP contribution in [-0.2, 0) is 0 Å². The SMILES string of the molecule is CC1CNCCC1NC(=O)c1cc(Cl)ccc1-n1cnnn1.Cl. The first-order valence-electron chi connectivity index (χ1n) is 7.19. The molecule has 1 aliphatic rings. The number of nitrogens with one attached hydrogen (secondary N) is 2. The van der Waals surface area contributed by atoms with E-state index in [1.807, 2.05) is 0 Å². The van der Waals surface area contributed by atoms with Crippen molar-refractivity contribution >= 4 is 29.9 Å². The molecule has 1 aromatic heterocycles. The number of piperidine rings is 1. The van der Waals surface area contributed by atoms with Gasteiger partial charge in [-0.3, -0.25) is 4.79 Å². The zero-order valence-electron chi connectivity index (χ0n) is 12.6. The second kappa shape index (κ2) is 7.72. The Labute approximate surface area is 145 Å². The third-order valence-electron chi connectivity index (χ3n) is 3.90. The van der Waals surface area contributed by atoms with E-state index in [4.69, 9.17) is 11.6 Å². The maximum atomic E-state index is 12.7. The van der Waals surface area contributed by atoms with Gasteiger partial charge in [0.05, 0.1) is 11.3 Å². The van der Waals surface area contributed by atoms with Gasteiger partial charge in [0.15, 0.2) is 0 Å². The van der Waals surface area contributed by atoms with Gasteiger partial charge < -0.3 is 10.6 Å². The Morgan fingerprint density at radius 1 is 1.48 bits per heavy atom. The minimum Gasteiger partial charge on any atom is -0.349 e. The molecule has 7 nitrogen and oxygen atoms in total. The molecule has 23 heavy (non-hydrogen) atoms. The number of rotatable bonds is 3. The standard InChI is InChI=1S/C14H17ClN6O.ClH/c1-9-7-16-5-4-12(9)18-14(22)11-6-10(15)2-3-13(11)21-8-17-19-20-21;/h2-3,6,8-9,12,16H,4-5,7H2,1H3,(H,18,22);1H. The van der Waals surface area contributed by atoms with Crippen LogP contribution in [0.3, 0.4) is 0 Å². The van der Waals surface area contributed by atoms with Crippen LogP contribution in [0, 0.1) is 5.92 Å². The number of amides is 1. The second-order valence-electron chi connectivity index (χ2n) is 5.47. The van der Waals surface area contributed by atoms with Crippen molar-refractivity contribution in [2.24, 2.45) is 5.92 Å². The summed E-state index contributed by atoms with van der Waals surface area (Å²) < 4.78 is 1.46. The summed E-state index contributed by atoms with van der Waals surface area (Å²) in [6.07, 6.45) is 2.36. The van der Waals surface area contributed by atoms with Gasteiger partial charge in [0, 0.05) is 11.1 Å². The molecule has 0 aliphatic carbocycles. The summed E-state index contributed by atoms with van der Waals surface area (Å²) in [5, 5.41) is 18.0. The average Bonchev–Trinajstić information content (AvgIpc) is 3.03. The van der Waals surface area contributed by atoms with E-state index in [0.29, 0.717) is 22.2 Å². The molecule has 0 radical (unpaired) electrons. The normalized spacial score (nSPS) is 20.6. The van der Waals surface area contributed by atoms with Gasteiger partial charge in [-0.05, 0) is 54.1 Å². The Balaban J connectivity index is 0.00000192. The lowest BCUT2D eigenvalue weighted by Crippen LogP contribution is -2.48. The van der Waals surface area contributed by atoms with Crippen LogP contribution in [0.25, 0.3) is 5.69 Å². The highest BCUT2D eigenvalue weighted by Gasteiger charge is 2.24. The van der Waals surface area contributed by atoms with Crippen LogP contribution in [0.1, 0.15) is 23.7 Å². The topological polar surface area (TPSA) is 84.7 Å². The minimum atomic E-state index is -0.160. The number of benzene rings is 1. The second-order valence-corrected chi connectivity index (χ2v) is 5.90. The molecule has 1 saturated heterocycles. The van der Waals surface area contributed by atoms with Gasteiger partial charge in [0.25, 0.3) is 5.91 Å². The van der Waals surface area contributed by atoms with Gasteiger partial charge in [-0.2, -0.15) is 4.68 Å². The molecule has 1 aliphatic heterocycles. The van der Waals surface area contributed by atoms with Gasteiger partial charge >= 0.3 is 0 Å². The largest absolute Gasteiger partial charge is 0.349 e. The minimum absolute atomic E-state index is 0. The van der Waals surface area contributed by atoms with Crippen LogP contribution < -0.4 is 10.6 Å². The van der Waals surface area contributed by atoms with Gasteiger partial charge in [-0.15, -0.1) is 17.5 Å². The van der Waals surface area contributed by atoms with Crippen molar-refractivity contribution < 1.29 is 4.79 Å². The first-order chi connectivity index (χ1) is 10.6. The van der Waals surface area contributed by atoms with Crippen molar-refractivity contribution in [1.82, 2.24) is 30.8 Å². The summed E-state index contributed by atoms with van der Waals surface area (Å²) in [4.78, 5) is 12.7. The molecule has 9 heteroatoms. The van der Waals surface area contributed by atoms with E-state index in [1.165, 1.54) is 11.0 Å². The number of tetrazole rings is 1. The van der Waals surface area contributed by atoms with Crippen LogP contribution in [0.2, 0.25) is 5.02 Å². The van der Waals surface area contributed by atoms with Crippen LogP contribution in [0.4, 0.5) is 0 Å². The van der Waals surface area contributed by atoms with Crippen LogP contribution in [-0.4, -0.2) is 45.2 Å². The Hall–Kier alpha value is -1.70. The predicted octanol–water partition coefficient (Wildman–Crippen LogP) is 1.47. The molecule has 1 amide bonds. The lowest BCUT2D eigenvalue weighted by atomic mass is 9.95. The van der Waals surface area contributed by atoms with E-state index >= 15 is 0 Å². The Morgan fingerprint density at radius 3 is 3.00 bits per heavy atom. The molecule has 2 heterocycles. The summed E-state index contributed by atoms with van der Waals surface area (Å²) in [6.45, 7) is 3.93. The quantitative estimate of drug-likeness (QED) is 0.869. The first-order valence-corrected chi connectivity index (χ1v) is 7.57. The van der Waals surface area contributed by atoms with Gasteiger partial charge in [-0.1, -0.05) is 18.5 Å². The first kappa shape index (κ1) is 17.7. The van der Waals surface area contributed by atoms with E-state index in [9.17, 15) is 4.79 Å². The molecular formula is C14H18Cl2N6O. The Morgan fingerprint density at radius 2 is 2.30 bits per heavy atom. The fraction of sp³-hybridized carbons (Fsp3) is 0.429. The molecule has 0 saturated carbocycles. The Bertz CT molecular complexity index is 663. The van der Waals surface area contributed by atoms with Crippen molar-refractivity contribution in [3.63, 3.8) is 0 Å². The maximum absolute atomic E-state index is 12.7. The van der Waals surface area contributed by atoms with Crippen LogP contribution >= 0.6 is 24.0 Å². The molecule has 2 aromatic rings. The number of aromatic nitrogens is 4. The van der Waals surface area contributed by atoms with E-state index in [1.54, 1.807) is 18.2 Å². The molecule has 2 atom stereocenters. The predicted molar refractivity (Wildman–Crippen MR) is 89.3 cm³/mol. The summed E-state index contributed by atoms with van der Waals surface area (Å²) in [5.74, 6) is 0.222. The molecule has 2 N–H and O–H groups in total. The van der Waals surface area contributed by atoms with Crippen molar-refractivity contribution in [3.05, 3.63) is 35.1 Å². The average molecular weight is 357 g/mol. The summed E-state index contributed by atoms with van der Waals surface area (Å²) in [7, 11) is 0. The van der Waals surface area contributed by atoms with Crippen molar-refractivity contribution in [3.8, 4) is 5.69 Å². The monoisotopic (exact) mass is 356 g/mol. The molecule has 124 valence electrons. The molecule has 0 spiro atoms. The smallest absolute Gasteiger partial charge is 0.253 e. The lowest BCUT2D eigenvalue weighted by Gasteiger charge is -2.30. The van der Waals surface area contributed by atoms with E-state index in [0.717, 1.165) is 19.5 Å². The van der Waals surface area contributed by atoms with Crippen LogP contribution in [0.15, 0.2) is 24.5 Å². The third-order valence-corrected chi connectivity index (χ3v) is 4.14. The number of hydrogen-bond acceptors (Lipinski definition) is 5. The molecule has 3 rings (SSSR count). The maximum Gasteiger partial charge on any atom is 0.253 e. The highest BCUT2D eigenvalue weighted by molar-refractivity contribution is 6.31. The van der Waals surface area contributed by atoms with Crippen LogP contribution in [0.5, 0.6) is 0 Å². The molecule has 0 bridgehead atoms. The highest BCUT2D eigenvalue weighted by Crippen LogP contribution is 2.20. The fourth-order valence-corrected chi connectivity index (χ4v) is 2.81. The fourth-order valence-electron chi connectivity index (χ4n) is 2.64. The van der Waals surface area contributed by atoms with Crippen molar-refractivity contribution in [1.29, 1.82) is 0 Å². The number of carbonyl (C=O) groups is 1. The van der Waals surface area contributed by atoms with Gasteiger partial charge in [-0.25, -0.2) is 0 Å². The van der Waals surface area contributed by atoms with Gasteiger partial charge in [0.1, 0.15) is 6.33 Å². The lowest BCUT2D eigenvalue weighted by molar-refractivity contribution is 0.0914.